The number of hydrogen-bond donors (Lipinski definition) is 1. The van der Waals surface area contributed by atoms with Crippen LogP contribution in [0.1, 0.15) is 33.0 Å². The van der Waals surface area contributed by atoms with Gasteiger partial charge in [-0.05, 0) is 56.5 Å². The lowest BCUT2D eigenvalue weighted by molar-refractivity contribution is 0.0949. The molecule has 3 rings (SSSR count). The standard InChI is InChI=1S/C20H21ClN4O/c1-13-6-4-5-7-16(13)10-11-22-20(26)19-17(21)8-9-18(23-19)25-15(3)12-14(2)24-25/h4-9,12H,10-11H2,1-3H3,(H,22,26). The van der Waals surface area contributed by atoms with Crippen LogP contribution in [0.5, 0.6) is 0 Å². The van der Waals surface area contributed by atoms with Crippen molar-refractivity contribution in [3.8, 4) is 5.82 Å². The second-order valence-corrected chi connectivity index (χ2v) is 6.68. The number of rotatable bonds is 5. The number of benzene rings is 1. The molecule has 3 aromatic rings. The first-order valence-electron chi connectivity index (χ1n) is 8.48. The number of carbonyl (C=O) groups is 1. The second-order valence-electron chi connectivity index (χ2n) is 6.27. The molecule has 6 heteroatoms. The molecular formula is C20H21ClN4O. The van der Waals surface area contributed by atoms with Crippen molar-refractivity contribution in [1.82, 2.24) is 20.1 Å². The first kappa shape index (κ1) is 18.1. The van der Waals surface area contributed by atoms with E-state index < -0.39 is 0 Å². The van der Waals surface area contributed by atoms with Crippen molar-refractivity contribution in [2.75, 3.05) is 6.54 Å². The molecule has 1 N–H and O–H groups in total. The van der Waals surface area contributed by atoms with Crippen LogP contribution in [-0.2, 0) is 6.42 Å². The number of aryl methyl sites for hydroxylation is 3. The highest BCUT2D eigenvalue weighted by Gasteiger charge is 2.15. The molecule has 0 aliphatic carbocycles. The molecule has 0 atom stereocenters. The fourth-order valence-electron chi connectivity index (χ4n) is 2.85. The summed E-state index contributed by atoms with van der Waals surface area (Å²) in [5.41, 5.74) is 4.47. The number of halogens is 1. The molecule has 0 bridgehead atoms. The summed E-state index contributed by atoms with van der Waals surface area (Å²) in [5, 5.41) is 7.62. The van der Waals surface area contributed by atoms with E-state index in [-0.39, 0.29) is 11.6 Å². The Morgan fingerprint density at radius 3 is 2.62 bits per heavy atom. The van der Waals surface area contributed by atoms with Gasteiger partial charge in [-0.1, -0.05) is 35.9 Å². The molecule has 0 saturated heterocycles. The van der Waals surface area contributed by atoms with Crippen molar-refractivity contribution in [3.05, 3.63) is 75.7 Å². The van der Waals surface area contributed by atoms with E-state index in [0.29, 0.717) is 17.4 Å². The van der Waals surface area contributed by atoms with Crippen LogP contribution in [0, 0.1) is 20.8 Å². The summed E-state index contributed by atoms with van der Waals surface area (Å²) in [6, 6.07) is 13.5. The van der Waals surface area contributed by atoms with Gasteiger partial charge in [0.05, 0.1) is 10.7 Å². The highest BCUT2D eigenvalue weighted by molar-refractivity contribution is 6.33. The molecule has 1 aromatic carbocycles. The summed E-state index contributed by atoms with van der Waals surface area (Å²) in [6.45, 7) is 6.44. The summed E-state index contributed by atoms with van der Waals surface area (Å²) in [4.78, 5) is 16.9. The van der Waals surface area contributed by atoms with E-state index in [2.05, 4.69) is 34.5 Å². The minimum Gasteiger partial charge on any atom is -0.350 e. The third kappa shape index (κ3) is 3.94. The Kier molecular flexibility index (Phi) is 5.38. The molecule has 0 unspecified atom stereocenters. The molecule has 2 heterocycles. The average Bonchev–Trinajstić information content (AvgIpc) is 2.95. The molecule has 26 heavy (non-hydrogen) atoms. The molecule has 5 nitrogen and oxygen atoms in total. The molecule has 0 fully saturated rings. The lowest BCUT2D eigenvalue weighted by Crippen LogP contribution is -2.27. The quantitative estimate of drug-likeness (QED) is 0.744. The Morgan fingerprint density at radius 2 is 1.92 bits per heavy atom. The van der Waals surface area contributed by atoms with Gasteiger partial charge >= 0.3 is 0 Å². The second kappa shape index (κ2) is 7.70. The van der Waals surface area contributed by atoms with Crippen LogP contribution in [-0.4, -0.2) is 27.2 Å². The summed E-state index contributed by atoms with van der Waals surface area (Å²) >= 11 is 6.19. The van der Waals surface area contributed by atoms with Crippen LogP contribution < -0.4 is 5.32 Å². The third-order valence-electron chi connectivity index (χ3n) is 4.21. The maximum Gasteiger partial charge on any atom is 0.271 e. The van der Waals surface area contributed by atoms with Gasteiger partial charge in [-0.3, -0.25) is 4.79 Å². The lowest BCUT2D eigenvalue weighted by atomic mass is 10.1. The average molecular weight is 369 g/mol. The van der Waals surface area contributed by atoms with E-state index in [9.17, 15) is 4.79 Å². The summed E-state index contributed by atoms with van der Waals surface area (Å²) in [7, 11) is 0. The molecule has 0 aliphatic heterocycles. The Bertz CT molecular complexity index is 949. The maximum absolute atomic E-state index is 12.5. The Labute approximate surface area is 158 Å². The minimum absolute atomic E-state index is 0.210. The van der Waals surface area contributed by atoms with Crippen LogP contribution >= 0.6 is 11.6 Å². The van der Waals surface area contributed by atoms with Crippen molar-refractivity contribution >= 4 is 17.5 Å². The predicted molar refractivity (Wildman–Crippen MR) is 103 cm³/mol. The van der Waals surface area contributed by atoms with Gasteiger partial charge in [0.25, 0.3) is 5.91 Å². The fraction of sp³-hybridized carbons (Fsp3) is 0.250. The van der Waals surface area contributed by atoms with Gasteiger partial charge in [-0.25, -0.2) is 9.67 Å². The van der Waals surface area contributed by atoms with Crippen molar-refractivity contribution in [3.63, 3.8) is 0 Å². The molecule has 0 spiro atoms. The zero-order chi connectivity index (χ0) is 18.7. The van der Waals surface area contributed by atoms with Crippen molar-refractivity contribution in [2.45, 2.75) is 27.2 Å². The minimum atomic E-state index is -0.285. The van der Waals surface area contributed by atoms with E-state index >= 15 is 0 Å². The monoisotopic (exact) mass is 368 g/mol. The number of hydrogen-bond acceptors (Lipinski definition) is 3. The third-order valence-corrected chi connectivity index (χ3v) is 4.52. The summed E-state index contributed by atoms with van der Waals surface area (Å²) < 4.78 is 1.70. The van der Waals surface area contributed by atoms with Gasteiger partial charge in [0.1, 0.15) is 5.69 Å². The Balaban J connectivity index is 1.74. The van der Waals surface area contributed by atoms with E-state index in [0.717, 1.165) is 17.8 Å². The highest BCUT2D eigenvalue weighted by Crippen LogP contribution is 2.18. The van der Waals surface area contributed by atoms with Crippen LogP contribution in [0.4, 0.5) is 0 Å². The first-order valence-corrected chi connectivity index (χ1v) is 8.86. The largest absolute Gasteiger partial charge is 0.350 e. The van der Waals surface area contributed by atoms with Crippen molar-refractivity contribution in [2.24, 2.45) is 0 Å². The van der Waals surface area contributed by atoms with Crippen LogP contribution in [0.25, 0.3) is 5.82 Å². The van der Waals surface area contributed by atoms with E-state index in [4.69, 9.17) is 11.6 Å². The molecule has 2 aromatic heterocycles. The lowest BCUT2D eigenvalue weighted by Gasteiger charge is -2.10. The molecule has 0 saturated carbocycles. The van der Waals surface area contributed by atoms with Crippen LogP contribution in [0.3, 0.4) is 0 Å². The zero-order valence-corrected chi connectivity index (χ0v) is 15.8. The molecule has 1 amide bonds. The molecular weight excluding hydrogens is 348 g/mol. The van der Waals surface area contributed by atoms with Gasteiger partial charge < -0.3 is 5.32 Å². The predicted octanol–water partition coefficient (Wildman–Crippen LogP) is 3.82. The number of amides is 1. The van der Waals surface area contributed by atoms with E-state index in [1.165, 1.54) is 11.1 Å². The summed E-state index contributed by atoms with van der Waals surface area (Å²) in [6.07, 6.45) is 0.757. The fourth-order valence-corrected chi connectivity index (χ4v) is 3.05. The van der Waals surface area contributed by atoms with Gasteiger partial charge in [-0.2, -0.15) is 5.10 Å². The molecule has 0 radical (unpaired) electrons. The maximum atomic E-state index is 12.5. The number of carbonyl (C=O) groups excluding carboxylic acids is 1. The van der Waals surface area contributed by atoms with E-state index in [1.807, 2.05) is 32.0 Å². The van der Waals surface area contributed by atoms with Gasteiger partial charge in [-0.15, -0.1) is 0 Å². The smallest absolute Gasteiger partial charge is 0.271 e. The number of aromatic nitrogens is 3. The highest BCUT2D eigenvalue weighted by atomic mass is 35.5. The van der Waals surface area contributed by atoms with Crippen molar-refractivity contribution in [1.29, 1.82) is 0 Å². The number of pyridine rings is 1. The van der Waals surface area contributed by atoms with Crippen molar-refractivity contribution < 1.29 is 4.79 Å². The normalized spacial score (nSPS) is 10.8. The van der Waals surface area contributed by atoms with Gasteiger partial charge in [0, 0.05) is 12.2 Å². The summed E-state index contributed by atoms with van der Waals surface area (Å²) in [5.74, 6) is 0.288. The van der Waals surface area contributed by atoms with Gasteiger partial charge in [0.2, 0.25) is 0 Å². The van der Waals surface area contributed by atoms with E-state index in [1.54, 1.807) is 16.8 Å². The van der Waals surface area contributed by atoms with Crippen LogP contribution in [0.2, 0.25) is 5.02 Å². The zero-order valence-electron chi connectivity index (χ0n) is 15.1. The molecule has 134 valence electrons. The number of nitrogens with one attached hydrogen (secondary N) is 1. The van der Waals surface area contributed by atoms with Crippen LogP contribution in [0.15, 0.2) is 42.5 Å². The Hall–Kier alpha value is -2.66. The SMILES string of the molecule is Cc1cc(C)n(-c2ccc(Cl)c(C(=O)NCCc3ccccc3C)n2)n1. The first-order chi connectivity index (χ1) is 12.5. The Morgan fingerprint density at radius 1 is 1.15 bits per heavy atom. The van der Waals surface area contributed by atoms with Gasteiger partial charge in [0.15, 0.2) is 5.82 Å². The molecule has 0 aliphatic rings. The number of nitrogens with zero attached hydrogens (tertiary/aromatic N) is 3. The topological polar surface area (TPSA) is 59.8 Å².